The van der Waals surface area contributed by atoms with Crippen molar-refractivity contribution in [1.82, 2.24) is 0 Å². The van der Waals surface area contributed by atoms with E-state index in [-0.39, 0.29) is 24.5 Å². The molecule has 0 aliphatic rings. The fourth-order valence-electron chi connectivity index (χ4n) is 1.69. The normalized spacial score (nSPS) is 9.90. The van der Waals surface area contributed by atoms with Crippen LogP contribution in [0.2, 0.25) is 0 Å². The van der Waals surface area contributed by atoms with Gasteiger partial charge in [0, 0.05) is 11.6 Å². The smallest absolute Gasteiger partial charge is 0.132 e. The van der Waals surface area contributed by atoms with E-state index in [0.717, 1.165) is 18.2 Å². The number of aliphatic hydroxyl groups excluding tert-OH is 1. The van der Waals surface area contributed by atoms with E-state index in [1.807, 2.05) is 0 Å². The SMILES string of the molecule is OCC#Cc1cc(F)cc(OCc2c(F)cccc2F)c1. The number of rotatable bonds is 3. The van der Waals surface area contributed by atoms with Crippen LogP contribution in [0.5, 0.6) is 5.75 Å². The molecule has 0 atom stereocenters. The Hall–Kier alpha value is -2.45. The molecule has 21 heavy (non-hydrogen) atoms. The molecule has 0 aliphatic heterocycles. The molecule has 0 spiro atoms. The number of aliphatic hydroxyl groups is 1. The molecule has 2 nitrogen and oxygen atoms in total. The molecule has 0 aromatic heterocycles. The van der Waals surface area contributed by atoms with Crippen LogP contribution in [0.1, 0.15) is 11.1 Å². The van der Waals surface area contributed by atoms with Crippen molar-refractivity contribution < 1.29 is 23.0 Å². The van der Waals surface area contributed by atoms with Crippen molar-refractivity contribution >= 4 is 0 Å². The fourth-order valence-corrected chi connectivity index (χ4v) is 1.69. The van der Waals surface area contributed by atoms with Crippen molar-refractivity contribution in [1.29, 1.82) is 0 Å². The van der Waals surface area contributed by atoms with Crippen LogP contribution >= 0.6 is 0 Å². The van der Waals surface area contributed by atoms with Gasteiger partial charge in [0.05, 0.1) is 5.56 Å². The zero-order valence-corrected chi connectivity index (χ0v) is 10.9. The molecule has 0 unspecified atom stereocenters. The molecule has 2 aromatic carbocycles. The first-order valence-corrected chi connectivity index (χ1v) is 6.06. The predicted octanol–water partition coefficient (Wildman–Crippen LogP) is 3.03. The second kappa shape index (κ2) is 6.82. The summed E-state index contributed by atoms with van der Waals surface area (Å²) >= 11 is 0. The van der Waals surface area contributed by atoms with E-state index in [0.29, 0.717) is 5.56 Å². The molecule has 5 heteroatoms. The second-order valence-electron chi connectivity index (χ2n) is 4.12. The maximum atomic E-state index is 13.4. The molecule has 0 aliphatic carbocycles. The summed E-state index contributed by atoms with van der Waals surface area (Å²) in [6, 6.07) is 7.16. The molecule has 0 radical (unpaired) electrons. The van der Waals surface area contributed by atoms with E-state index in [1.54, 1.807) is 0 Å². The first kappa shape index (κ1) is 14.9. The lowest BCUT2D eigenvalue weighted by Gasteiger charge is -2.08. The van der Waals surface area contributed by atoms with Gasteiger partial charge in [0.25, 0.3) is 0 Å². The van der Waals surface area contributed by atoms with Crippen LogP contribution in [0.15, 0.2) is 36.4 Å². The zero-order valence-electron chi connectivity index (χ0n) is 10.9. The van der Waals surface area contributed by atoms with E-state index in [9.17, 15) is 13.2 Å². The molecule has 2 aromatic rings. The highest BCUT2D eigenvalue weighted by Crippen LogP contribution is 2.19. The van der Waals surface area contributed by atoms with Gasteiger partial charge in [-0.3, -0.25) is 0 Å². The predicted molar refractivity (Wildman–Crippen MR) is 71.1 cm³/mol. The van der Waals surface area contributed by atoms with Crippen LogP contribution in [0.25, 0.3) is 0 Å². The average Bonchev–Trinajstić information content (AvgIpc) is 2.44. The minimum absolute atomic E-state index is 0.0971. The largest absolute Gasteiger partial charge is 0.489 e. The van der Waals surface area contributed by atoms with Gasteiger partial charge in [0.15, 0.2) is 0 Å². The van der Waals surface area contributed by atoms with Gasteiger partial charge in [0.1, 0.15) is 36.4 Å². The first-order chi connectivity index (χ1) is 10.1. The molecular formula is C16H11F3O2. The van der Waals surface area contributed by atoms with Crippen LogP contribution in [-0.2, 0) is 6.61 Å². The van der Waals surface area contributed by atoms with Crippen LogP contribution < -0.4 is 4.74 Å². The van der Waals surface area contributed by atoms with Crippen LogP contribution in [0, 0.1) is 29.3 Å². The minimum atomic E-state index is -0.730. The van der Waals surface area contributed by atoms with Crippen molar-refractivity contribution in [2.45, 2.75) is 6.61 Å². The molecule has 0 saturated heterocycles. The molecule has 0 bridgehead atoms. The monoisotopic (exact) mass is 292 g/mol. The van der Waals surface area contributed by atoms with Crippen LogP contribution in [0.3, 0.4) is 0 Å². The van der Waals surface area contributed by atoms with Gasteiger partial charge in [-0.25, -0.2) is 13.2 Å². The summed E-state index contributed by atoms with van der Waals surface area (Å²) in [6.07, 6.45) is 0. The Morgan fingerprint density at radius 1 is 1.05 bits per heavy atom. The second-order valence-corrected chi connectivity index (χ2v) is 4.12. The lowest BCUT2D eigenvalue weighted by Crippen LogP contribution is -2.02. The molecule has 0 amide bonds. The summed E-state index contributed by atoms with van der Waals surface area (Å²) in [7, 11) is 0. The summed E-state index contributed by atoms with van der Waals surface area (Å²) < 4.78 is 45.5. The van der Waals surface area contributed by atoms with Crippen molar-refractivity contribution in [3.8, 4) is 17.6 Å². The van der Waals surface area contributed by atoms with Gasteiger partial charge in [-0.05, 0) is 24.3 Å². The average molecular weight is 292 g/mol. The lowest BCUT2D eigenvalue weighted by atomic mass is 10.2. The molecule has 0 saturated carbocycles. The lowest BCUT2D eigenvalue weighted by molar-refractivity contribution is 0.291. The zero-order chi connectivity index (χ0) is 15.2. The number of ether oxygens (including phenoxy) is 1. The molecule has 2 rings (SSSR count). The number of halogens is 3. The first-order valence-electron chi connectivity index (χ1n) is 6.06. The van der Waals surface area contributed by atoms with Gasteiger partial charge in [-0.15, -0.1) is 0 Å². The maximum absolute atomic E-state index is 13.4. The Morgan fingerprint density at radius 2 is 1.76 bits per heavy atom. The van der Waals surface area contributed by atoms with Crippen molar-refractivity contribution in [3.05, 3.63) is 65.0 Å². The molecule has 108 valence electrons. The van der Waals surface area contributed by atoms with Gasteiger partial charge < -0.3 is 9.84 Å². The quantitative estimate of drug-likeness (QED) is 0.881. The Bertz CT molecular complexity index is 682. The Balaban J connectivity index is 2.18. The van der Waals surface area contributed by atoms with E-state index in [4.69, 9.17) is 9.84 Å². The van der Waals surface area contributed by atoms with Crippen molar-refractivity contribution in [3.63, 3.8) is 0 Å². The maximum Gasteiger partial charge on any atom is 0.132 e. The highest BCUT2D eigenvalue weighted by atomic mass is 19.1. The van der Waals surface area contributed by atoms with Crippen molar-refractivity contribution in [2.24, 2.45) is 0 Å². The molecule has 1 N–H and O–H groups in total. The highest BCUT2D eigenvalue weighted by molar-refractivity contribution is 5.40. The number of hydrogen-bond donors (Lipinski definition) is 1. The van der Waals surface area contributed by atoms with Gasteiger partial charge in [-0.1, -0.05) is 17.9 Å². The summed E-state index contributed by atoms with van der Waals surface area (Å²) in [5.74, 6) is 2.95. The third-order valence-electron chi connectivity index (χ3n) is 2.63. The third-order valence-corrected chi connectivity index (χ3v) is 2.63. The molecular weight excluding hydrogens is 281 g/mol. The standard InChI is InChI=1S/C16H11F3O2/c17-12-7-11(3-2-6-20)8-13(9-12)21-10-14-15(18)4-1-5-16(14)19/h1,4-5,7-9,20H,6,10H2. The highest BCUT2D eigenvalue weighted by Gasteiger charge is 2.09. The van der Waals surface area contributed by atoms with E-state index in [1.165, 1.54) is 18.2 Å². The summed E-state index contributed by atoms with van der Waals surface area (Å²) in [6.45, 7) is -0.720. The third kappa shape index (κ3) is 4.01. The minimum Gasteiger partial charge on any atom is -0.489 e. The molecule has 0 heterocycles. The molecule has 0 fully saturated rings. The Labute approximate surface area is 119 Å². The van der Waals surface area contributed by atoms with Gasteiger partial charge in [0.2, 0.25) is 0 Å². The van der Waals surface area contributed by atoms with Crippen molar-refractivity contribution in [2.75, 3.05) is 6.61 Å². The summed E-state index contributed by atoms with van der Waals surface area (Å²) in [5.41, 5.74) is 0.0674. The number of benzene rings is 2. The number of hydrogen-bond acceptors (Lipinski definition) is 2. The van der Waals surface area contributed by atoms with Gasteiger partial charge in [-0.2, -0.15) is 0 Å². The van der Waals surface area contributed by atoms with E-state index in [2.05, 4.69) is 11.8 Å². The topological polar surface area (TPSA) is 29.5 Å². The Kier molecular flexibility index (Phi) is 4.85. The summed E-state index contributed by atoms with van der Waals surface area (Å²) in [5, 5.41) is 8.60. The van der Waals surface area contributed by atoms with E-state index >= 15 is 0 Å². The van der Waals surface area contributed by atoms with Crippen LogP contribution in [0.4, 0.5) is 13.2 Å². The summed E-state index contributed by atoms with van der Waals surface area (Å²) in [4.78, 5) is 0. The fraction of sp³-hybridized carbons (Fsp3) is 0.125. The van der Waals surface area contributed by atoms with Crippen LogP contribution in [-0.4, -0.2) is 11.7 Å². The Morgan fingerprint density at radius 3 is 2.43 bits per heavy atom. The van der Waals surface area contributed by atoms with Gasteiger partial charge >= 0.3 is 0 Å². The van der Waals surface area contributed by atoms with E-state index < -0.39 is 17.5 Å².